The van der Waals surface area contributed by atoms with Gasteiger partial charge in [0.2, 0.25) is 11.8 Å². The van der Waals surface area contributed by atoms with Gasteiger partial charge in [-0.2, -0.15) is 0 Å². The first-order valence-corrected chi connectivity index (χ1v) is 9.08. The standard InChI is InChI=1S/C18H20N4O3S/c1-3-22(11-16(23)19-13-6-4-7-14(10-13)24-2)12-17-20-21-18(25-17)15-8-5-9-26-15/h4-10H,3,11-12H2,1-2H3,(H,19,23). The minimum absolute atomic E-state index is 0.113. The third-order valence-electron chi connectivity index (χ3n) is 3.73. The van der Waals surface area contributed by atoms with Crippen LogP contribution in [0.15, 0.2) is 46.2 Å². The molecular formula is C18H20N4O3S. The summed E-state index contributed by atoms with van der Waals surface area (Å²) in [6, 6.07) is 11.1. The van der Waals surface area contributed by atoms with Crippen molar-refractivity contribution in [2.24, 2.45) is 0 Å². The maximum atomic E-state index is 12.3. The van der Waals surface area contributed by atoms with Gasteiger partial charge in [-0.1, -0.05) is 19.1 Å². The predicted molar refractivity (Wildman–Crippen MR) is 100 cm³/mol. The molecule has 3 rings (SSSR count). The predicted octanol–water partition coefficient (Wildman–Crippen LogP) is 3.27. The number of methoxy groups -OCH3 is 1. The highest BCUT2D eigenvalue weighted by Gasteiger charge is 2.15. The second-order valence-electron chi connectivity index (χ2n) is 5.56. The van der Waals surface area contributed by atoms with E-state index < -0.39 is 0 Å². The van der Waals surface area contributed by atoms with E-state index in [1.165, 1.54) is 0 Å². The molecule has 0 spiro atoms. The quantitative estimate of drug-likeness (QED) is 0.654. The molecular weight excluding hydrogens is 352 g/mol. The van der Waals surface area contributed by atoms with Gasteiger partial charge in [0.05, 0.1) is 25.1 Å². The topological polar surface area (TPSA) is 80.5 Å². The number of carbonyl (C=O) groups is 1. The largest absolute Gasteiger partial charge is 0.497 e. The summed E-state index contributed by atoms with van der Waals surface area (Å²) in [4.78, 5) is 15.2. The number of nitrogens with one attached hydrogen (secondary N) is 1. The SMILES string of the molecule is CCN(CC(=O)Nc1cccc(OC)c1)Cc1nnc(-c2cccs2)o1. The van der Waals surface area contributed by atoms with E-state index in [4.69, 9.17) is 9.15 Å². The van der Waals surface area contributed by atoms with Crippen molar-refractivity contribution in [1.82, 2.24) is 15.1 Å². The Labute approximate surface area is 155 Å². The van der Waals surface area contributed by atoms with E-state index in [1.807, 2.05) is 47.5 Å². The minimum Gasteiger partial charge on any atom is -0.497 e. The molecule has 0 aliphatic rings. The molecule has 0 bridgehead atoms. The van der Waals surface area contributed by atoms with Crippen molar-refractivity contribution in [1.29, 1.82) is 0 Å². The highest BCUT2D eigenvalue weighted by atomic mass is 32.1. The fourth-order valence-corrected chi connectivity index (χ4v) is 3.04. The van der Waals surface area contributed by atoms with Gasteiger partial charge in [0.25, 0.3) is 5.89 Å². The number of hydrogen-bond acceptors (Lipinski definition) is 7. The number of ether oxygens (including phenoxy) is 1. The van der Waals surface area contributed by atoms with Crippen molar-refractivity contribution in [3.63, 3.8) is 0 Å². The monoisotopic (exact) mass is 372 g/mol. The summed E-state index contributed by atoms with van der Waals surface area (Å²) in [6.07, 6.45) is 0. The number of thiophene rings is 1. The zero-order valence-electron chi connectivity index (χ0n) is 14.6. The molecule has 1 amide bonds. The van der Waals surface area contributed by atoms with E-state index in [2.05, 4.69) is 15.5 Å². The third-order valence-corrected chi connectivity index (χ3v) is 4.58. The Morgan fingerprint density at radius 3 is 2.92 bits per heavy atom. The van der Waals surface area contributed by atoms with Crippen LogP contribution in [0.25, 0.3) is 10.8 Å². The van der Waals surface area contributed by atoms with Gasteiger partial charge in [0.1, 0.15) is 5.75 Å². The molecule has 0 radical (unpaired) electrons. The molecule has 7 nitrogen and oxygen atoms in total. The van der Waals surface area contributed by atoms with Gasteiger partial charge < -0.3 is 14.5 Å². The van der Waals surface area contributed by atoms with Gasteiger partial charge >= 0.3 is 0 Å². The summed E-state index contributed by atoms with van der Waals surface area (Å²) in [5, 5.41) is 13.0. The lowest BCUT2D eigenvalue weighted by Gasteiger charge is -2.17. The molecule has 8 heteroatoms. The molecule has 26 heavy (non-hydrogen) atoms. The molecule has 2 aromatic heterocycles. The zero-order chi connectivity index (χ0) is 18.4. The van der Waals surface area contributed by atoms with E-state index >= 15 is 0 Å². The van der Waals surface area contributed by atoms with E-state index in [0.717, 1.165) is 4.88 Å². The van der Waals surface area contributed by atoms with Crippen LogP contribution in [0.3, 0.4) is 0 Å². The van der Waals surface area contributed by atoms with Crippen LogP contribution >= 0.6 is 11.3 Å². The Bertz CT molecular complexity index is 848. The van der Waals surface area contributed by atoms with Gasteiger partial charge in [0.15, 0.2) is 0 Å². The van der Waals surface area contributed by atoms with Gasteiger partial charge in [-0.3, -0.25) is 9.69 Å². The molecule has 0 fully saturated rings. The second kappa shape index (κ2) is 8.59. The zero-order valence-corrected chi connectivity index (χ0v) is 15.5. The van der Waals surface area contributed by atoms with Crippen LogP contribution < -0.4 is 10.1 Å². The van der Waals surface area contributed by atoms with Gasteiger partial charge in [-0.25, -0.2) is 0 Å². The molecule has 2 heterocycles. The number of nitrogens with zero attached hydrogens (tertiary/aromatic N) is 3. The molecule has 0 unspecified atom stereocenters. The highest BCUT2D eigenvalue weighted by Crippen LogP contribution is 2.23. The summed E-state index contributed by atoms with van der Waals surface area (Å²) in [6.45, 7) is 3.31. The summed E-state index contributed by atoms with van der Waals surface area (Å²) < 4.78 is 10.9. The number of likely N-dealkylation sites (N-methyl/N-ethyl adjacent to an activating group) is 1. The summed E-state index contributed by atoms with van der Waals surface area (Å²) in [5.41, 5.74) is 0.697. The van der Waals surface area contributed by atoms with Gasteiger partial charge in [0, 0.05) is 11.8 Å². The average molecular weight is 372 g/mol. The fourth-order valence-electron chi connectivity index (χ4n) is 2.39. The summed E-state index contributed by atoms with van der Waals surface area (Å²) >= 11 is 1.54. The van der Waals surface area contributed by atoms with Crippen LogP contribution in [0.5, 0.6) is 5.75 Å². The molecule has 0 aliphatic carbocycles. The lowest BCUT2D eigenvalue weighted by Crippen LogP contribution is -2.32. The number of hydrogen-bond donors (Lipinski definition) is 1. The van der Waals surface area contributed by atoms with Crippen LogP contribution in [-0.4, -0.2) is 41.2 Å². The van der Waals surface area contributed by atoms with Crippen LogP contribution in [0.4, 0.5) is 5.69 Å². The first kappa shape index (κ1) is 18.1. The van der Waals surface area contributed by atoms with Crippen molar-refractivity contribution in [2.45, 2.75) is 13.5 Å². The van der Waals surface area contributed by atoms with Crippen LogP contribution in [0.2, 0.25) is 0 Å². The Kier molecular flexibility index (Phi) is 5.98. The number of carbonyl (C=O) groups excluding carboxylic acids is 1. The van der Waals surface area contributed by atoms with Crippen LogP contribution in [0, 0.1) is 0 Å². The van der Waals surface area contributed by atoms with Gasteiger partial charge in [-0.05, 0) is 30.1 Å². The van der Waals surface area contributed by atoms with E-state index in [-0.39, 0.29) is 12.5 Å². The third kappa shape index (κ3) is 4.68. The van der Waals surface area contributed by atoms with Crippen LogP contribution in [-0.2, 0) is 11.3 Å². The minimum atomic E-state index is -0.113. The lowest BCUT2D eigenvalue weighted by atomic mass is 10.3. The maximum Gasteiger partial charge on any atom is 0.257 e. The Morgan fingerprint density at radius 1 is 1.31 bits per heavy atom. The average Bonchev–Trinajstić information content (AvgIpc) is 3.32. The first-order chi connectivity index (χ1) is 12.7. The molecule has 0 atom stereocenters. The number of amides is 1. The smallest absolute Gasteiger partial charge is 0.257 e. The van der Waals surface area contributed by atoms with Crippen molar-refractivity contribution in [2.75, 3.05) is 25.5 Å². The fraction of sp³-hybridized carbons (Fsp3) is 0.278. The lowest BCUT2D eigenvalue weighted by molar-refractivity contribution is -0.117. The van der Waals surface area contributed by atoms with Crippen LogP contribution in [0.1, 0.15) is 12.8 Å². The van der Waals surface area contributed by atoms with Crippen molar-refractivity contribution < 1.29 is 13.9 Å². The van der Waals surface area contributed by atoms with Crippen molar-refractivity contribution >= 4 is 22.9 Å². The first-order valence-electron chi connectivity index (χ1n) is 8.20. The molecule has 0 saturated carbocycles. The maximum absolute atomic E-state index is 12.3. The normalized spacial score (nSPS) is 10.9. The highest BCUT2D eigenvalue weighted by molar-refractivity contribution is 7.13. The summed E-state index contributed by atoms with van der Waals surface area (Å²) in [5.74, 6) is 1.58. The van der Waals surface area contributed by atoms with Crippen molar-refractivity contribution in [3.05, 3.63) is 47.7 Å². The number of benzene rings is 1. The second-order valence-corrected chi connectivity index (χ2v) is 6.51. The number of rotatable bonds is 8. The molecule has 1 N–H and O–H groups in total. The van der Waals surface area contributed by atoms with E-state index in [1.54, 1.807) is 24.5 Å². The molecule has 3 aromatic rings. The Balaban J connectivity index is 1.57. The van der Waals surface area contributed by atoms with Crippen molar-refractivity contribution in [3.8, 4) is 16.5 Å². The number of aromatic nitrogens is 2. The molecule has 1 aromatic carbocycles. The Hall–Kier alpha value is -2.71. The summed E-state index contributed by atoms with van der Waals surface area (Å²) in [7, 11) is 1.59. The Morgan fingerprint density at radius 2 is 2.19 bits per heavy atom. The molecule has 0 saturated heterocycles. The van der Waals surface area contributed by atoms with Gasteiger partial charge in [-0.15, -0.1) is 21.5 Å². The molecule has 136 valence electrons. The number of anilines is 1. The molecule has 0 aliphatic heterocycles. The van der Waals surface area contributed by atoms with E-state index in [9.17, 15) is 4.79 Å². The van der Waals surface area contributed by atoms with E-state index in [0.29, 0.717) is 36.3 Å².